The van der Waals surface area contributed by atoms with E-state index in [0.29, 0.717) is 17.9 Å². The molecule has 0 saturated carbocycles. The van der Waals surface area contributed by atoms with Gasteiger partial charge in [0.2, 0.25) is 0 Å². The molecule has 4 rings (SSSR count). The molecule has 0 aliphatic heterocycles. The second kappa shape index (κ2) is 11.2. The normalized spacial score (nSPS) is 11.7. The number of ether oxygens (including phenoxy) is 2. The van der Waals surface area contributed by atoms with Gasteiger partial charge in [-0.2, -0.15) is 0 Å². The fourth-order valence-electron chi connectivity index (χ4n) is 5.00. The molecule has 0 N–H and O–H groups in total. The number of benzene rings is 4. The summed E-state index contributed by atoms with van der Waals surface area (Å²) in [7, 11) is 0.355. The molecule has 0 heterocycles. The fraction of sp³-hybridized carbons (Fsp3) is 0.219. The molecule has 0 spiro atoms. The van der Waals surface area contributed by atoms with E-state index in [1.807, 2.05) is 18.2 Å². The Labute approximate surface area is 221 Å². The zero-order valence-corrected chi connectivity index (χ0v) is 23.2. The van der Waals surface area contributed by atoms with Gasteiger partial charge in [-0.1, -0.05) is 112 Å². The lowest BCUT2D eigenvalue weighted by molar-refractivity contribution is 0.0601. The van der Waals surface area contributed by atoms with Gasteiger partial charge in [-0.15, -0.1) is 0 Å². The van der Waals surface area contributed by atoms with E-state index in [0.717, 1.165) is 16.7 Å². The van der Waals surface area contributed by atoms with Crippen molar-refractivity contribution in [1.29, 1.82) is 0 Å². The smallest absolute Gasteiger partial charge is 0.338 e. The first-order valence-electron chi connectivity index (χ1n) is 12.4. The van der Waals surface area contributed by atoms with Crippen LogP contribution in [0.25, 0.3) is 11.1 Å². The van der Waals surface area contributed by atoms with E-state index in [2.05, 4.69) is 93.6 Å². The van der Waals surface area contributed by atoms with Gasteiger partial charge in [0.15, 0.2) is 0 Å². The largest absolute Gasteiger partial charge is 0.496 e. The van der Waals surface area contributed by atoms with Crippen LogP contribution in [-0.2, 0) is 15.8 Å². The van der Waals surface area contributed by atoms with Gasteiger partial charge in [-0.25, -0.2) is 4.79 Å². The van der Waals surface area contributed by atoms with Crippen LogP contribution in [0, 0.1) is 0 Å². The van der Waals surface area contributed by atoms with E-state index in [9.17, 15) is 4.79 Å². The highest BCUT2D eigenvalue weighted by molar-refractivity contribution is 6.99. The molecule has 0 aromatic heterocycles. The van der Waals surface area contributed by atoms with Crippen molar-refractivity contribution in [2.75, 3.05) is 14.2 Å². The maximum Gasteiger partial charge on any atom is 0.338 e. The van der Waals surface area contributed by atoms with E-state index in [1.54, 1.807) is 19.2 Å². The Morgan fingerprint density at radius 1 is 0.730 bits per heavy atom. The monoisotopic (exact) mass is 510 g/mol. The molecule has 4 nitrogen and oxygen atoms in total. The Morgan fingerprint density at radius 2 is 1.30 bits per heavy atom. The van der Waals surface area contributed by atoms with Gasteiger partial charge >= 0.3 is 5.97 Å². The predicted octanol–water partition coefficient (Wildman–Crippen LogP) is 6.23. The van der Waals surface area contributed by atoms with Crippen LogP contribution in [0.4, 0.5) is 0 Å². The number of hydrogen-bond donors (Lipinski definition) is 0. The van der Waals surface area contributed by atoms with Crippen molar-refractivity contribution in [1.82, 2.24) is 0 Å². The van der Waals surface area contributed by atoms with Crippen LogP contribution in [0.5, 0.6) is 5.75 Å². The Kier molecular flexibility index (Phi) is 7.96. The van der Waals surface area contributed by atoms with Crippen molar-refractivity contribution in [2.24, 2.45) is 0 Å². The van der Waals surface area contributed by atoms with E-state index in [1.165, 1.54) is 17.5 Å². The fourth-order valence-corrected chi connectivity index (χ4v) is 9.54. The molecule has 0 aliphatic rings. The summed E-state index contributed by atoms with van der Waals surface area (Å²) < 4.78 is 17.6. The van der Waals surface area contributed by atoms with Crippen LogP contribution in [0.3, 0.4) is 0 Å². The van der Waals surface area contributed by atoms with Crippen molar-refractivity contribution in [3.8, 4) is 16.9 Å². The predicted molar refractivity (Wildman–Crippen MR) is 152 cm³/mol. The van der Waals surface area contributed by atoms with E-state index >= 15 is 0 Å². The second-order valence-corrected chi connectivity index (χ2v) is 14.3. The number of hydrogen-bond acceptors (Lipinski definition) is 4. The minimum Gasteiger partial charge on any atom is -0.496 e. The molecule has 0 atom stereocenters. The molecule has 4 aromatic carbocycles. The zero-order valence-electron chi connectivity index (χ0n) is 22.2. The van der Waals surface area contributed by atoms with Crippen molar-refractivity contribution in [2.45, 2.75) is 32.4 Å². The van der Waals surface area contributed by atoms with Crippen molar-refractivity contribution in [3.05, 3.63) is 114 Å². The summed E-state index contributed by atoms with van der Waals surface area (Å²) >= 11 is 0. The number of esters is 1. The third-order valence-corrected chi connectivity index (χ3v) is 11.7. The Bertz CT molecular complexity index is 1290. The highest BCUT2D eigenvalue weighted by Gasteiger charge is 2.50. The summed E-state index contributed by atoms with van der Waals surface area (Å²) in [6, 6.07) is 34.8. The molecule has 0 radical (unpaired) electrons. The lowest BCUT2D eigenvalue weighted by Gasteiger charge is -2.43. The number of methoxy groups -OCH3 is 2. The molecule has 0 fully saturated rings. The van der Waals surface area contributed by atoms with Gasteiger partial charge in [0.1, 0.15) is 5.75 Å². The highest BCUT2D eigenvalue weighted by Crippen LogP contribution is 2.38. The Balaban J connectivity index is 1.71. The van der Waals surface area contributed by atoms with E-state index in [4.69, 9.17) is 13.9 Å². The molecule has 0 amide bonds. The molecule has 5 heteroatoms. The minimum absolute atomic E-state index is 0.0948. The Hall–Kier alpha value is -3.67. The van der Waals surface area contributed by atoms with Crippen LogP contribution in [0.15, 0.2) is 103 Å². The summed E-state index contributed by atoms with van der Waals surface area (Å²) in [5.41, 5.74) is 3.13. The first-order chi connectivity index (χ1) is 17.8. The molecule has 4 aromatic rings. The molecular formula is C32H34O4Si. The lowest BCUT2D eigenvalue weighted by atomic mass is 9.97. The lowest BCUT2D eigenvalue weighted by Crippen LogP contribution is -2.66. The molecule has 0 unspecified atom stereocenters. The quantitative estimate of drug-likeness (QED) is 0.208. The highest BCUT2D eigenvalue weighted by atomic mass is 28.4. The molecular weight excluding hydrogens is 476 g/mol. The maximum absolute atomic E-state index is 12.4. The van der Waals surface area contributed by atoms with Crippen LogP contribution in [0.1, 0.15) is 36.7 Å². The molecule has 190 valence electrons. The molecule has 0 bridgehead atoms. The van der Waals surface area contributed by atoms with Crippen LogP contribution < -0.4 is 15.1 Å². The summed E-state index contributed by atoms with van der Waals surface area (Å²) in [4.78, 5) is 12.4. The van der Waals surface area contributed by atoms with Crippen LogP contribution in [-0.4, -0.2) is 28.5 Å². The average molecular weight is 511 g/mol. The summed E-state index contributed by atoms with van der Waals surface area (Å²) in [5.74, 6) is 0.229. The van der Waals surface area contributed by atoms with Gasteiger partial charge in [0, 0.05) is 5.56 Å². The van der Waals surface area contributed by atoms with E-state index < -0.39 is 14.3 Å². The SMILES string of the molecule is COC(=O)c1cccc(OC)c1-c1ccc(CO[Si](c2ccccc2)(c2ccccc2)C(C)(C)C)cc1. The van der Waals surface area contributed by atoms with Gasteiger partial charge in [0.25, 0.3) is 8.32 Å². The van der Waals surface area contributed by atoms with Gasteiger partial charge in [-0.3, -0.25) is 0 Å². The second-order valence-electron chi connectivity index (χ2n) is 10.0. The zero-order chi connectivity index (χ0) is 26.5. The third-order valence-electron chi connectivity index (χ3n) is 6.77. The van der Waals surface area contributed by atoms with Crippen molar-refractivity contribution < 1.29 is 18.7 Å². The average Bonchev–Trinajstić information content (AvgIpc) is 2.93. The van der Waals surface area contributed by atoms with Crippen LogP contribution >= 0.6 is 0 Å². The topological polar surface area (TPSA) is 44.8 Å². The molecule has 0 saturated heterocycles. The number of carbonyl (C=O) groups excluding carboxylic acids is 1. The molecule has 0 aliphatic carbocycles. The summed E-state index contributed by atoms with van der Waals surface area (Å²) in [6.07, 6.45) is 0. The van der Waals surface area contributed by atoms with Gasteiger partial charge in [-0.05, 0) is 38.7 Å². The number of rotatable bonds is 8. The van der Waals surface area contributed by atoms with Gasteiger partial charge < -0.3 is 13.9 Å². The van der Waals surface area contributed by atoms with Gasteiger partial charge in [0.05, 0.1) is 26.4 Å². The van der Waals surface area contributed by atoms with Crippen molar-refractivity contribution in [3.63, 3.8) is 0 Å². The first-order valence-corrected chi connectivity index (χ1v) is 14.3. The third kappa shape index (κ3) is 5.24. The molecule has 37 heavy (non-hydrogen) atoms. The first kappa shape index (κ1) is 26.4. The van der Waals surface area contributed by atoms with Crippen LogP contribution in [0.2, 0.25) is 5.04 Å². The number of carbonyl (C=O) groups is 1. The Morgan fingerprint density at radius 3 is 1.78 bits per heavy atom. The van der Waals surface area contributed by atoms with Crippen molar-refractivity contribution >= 4 is 24.7 Å². The summed E-state index contributed by atoms with van der Waals surface area (Å²) in [5, 5.41) is 2.41. The summed E-state index contributed by atoms with van der Waals surface area (Å²) in [6.45, 7) is 7.30. The standard InChI is InChI=1S/C32H34O4Si/c1-32(2,3)37(26-13-8-6-9-14-26,27-15-10-7-11-16-27)36-23-24-19-21-25(22-20-24)30-28(31(33)35-5)17-12-18-29(30)34-4/h6-22H,23H2,1-5H3. The minimum atomic E-state index is -2.63. The maximum atomic E-state index is 12.4. The van der Waals surface area contributed by atoms with E-state index in [-0.39, 0.29) is 5.04 Å².